The number of hydrogen-bond donors (Lipinski definition) is 2. The molecule has 0 aromatic heterocycles. The summed E-state index contributed by atoms with van der Waals surface area (Å²) >= 11 is 12.3. The summed E-state index contributed by atoms with van der Waals surface area (Å²) in [6, 6.07) is 23.7. The number of Topliss-reactive ketones (excluding diaryl/α,β-unsaturated/α-hetero) is 2. The summed E-state index contributed by atoms with van der Waals surface area (Å²) in [7, 11) is 0. The summed E-state index contributed by atoms with van der Waals surface area (Å²) in [5, 5.41) is 20.0. The maximum absolute atomic E-state index is 12.1. The molecular formula is C30H22Cl2O6. The Kier molecular flexibility index (Phi) is 7.27. The number of phenolic OH excluding ortho intramolecular Hbond substituents is 2. The lowest BCUT2D eigenvalue weighted by molar-refractivity contribution is 0.0840. The Morgan fingerprint density at radius 3 is 1.39 bits per heavy atom. The van der Waals surface area contributed by atoms with Gasteiger partial charge in [0.05, 0.1) is 24.0 Å². The van der Waals surface area contributed by atoms with Crippen molar-refractivity contribution in [3.8, 4) is 23.0 Å². The molecule has 2 aliphatic rings. The normalized spacial score (nSPS) is 17.7. The van der Waals surface area contributed by atoms with Gasteiger partial charge in [0.1, 0.15) is 35.2 Å². The lowest BCUT2D eigenvalue weighted by Crippen LogP contribution is -2.20. The van der Waals surface area contributed by atoms with Gasteiger partial charge in [-0.05, 0) is 48.5 Å². The van der Waals surface area contributed by atoms with Gasteiger partial charge in [0.2, 0.25) is 0 Å². The van der Waals surface area contributed by atoms with E-state index in [0.29, 0.717) is 32.7 Å². The molecule has 2 N–H and O–H groups in total. The highest BCUT2D eigenvalue weighted by Gasteiger charge is 2.30. The summed E-state index contributed by atoms with van der Waals surface area (Å²) in [6.07, 6.45) is -0.308. The second kappa shape index (κ2) is 10.8. The molecule has 0 amide bonds. The van der Waals surface area contributed by atoms with Gasteiger partial charge in [-0.3, -0.25) is 9.59 Å². The van der Waals surface area contributed by atoms with Crippen molar-refractivity contribution in [2.45, 2.75) is 25.0 Å². The molecule has 0 bridgehead atoms. The Morgan fingerprint density at radius 1 is 0.605 bits per heavy atom. The van der Waals surface area contributed by atoms with Crippen LogP contribution in [-0.2, 0) is 0 Å². The van der Waals surface area contributed by atoms with Crippen LogP contribution in [0, 0.1) is 0 Å². The average molecular weight is 549 g/mol. The largest absolute Gasteiger partial charge is 0.508 e. The Morgan fingerprint density at radius 2 is 1.00 bits per heavy atom. The third-order valence-corrected chi connectivity index (χ3v) is 7.00. The van der Waals surface area contributed by atoms with Crippen molar-refractivity contribution in [2.75, 3.05) is 0 Å². The first-order valence-electron chi connectivity index (χ1n) is 11.8. The Bertz CT molecular complexity index is 1420. The van der Waals surface area contributed by atoms with Gasteiger partial charge in [0.25, 0.3) is 0 Å². The van der Waals surface area contributed by atoms with E-state index >= 15 is 0 Å². The lowest BCUT2D eigenvalue weighted by Gasteiger charge is -2.26. The van der Waals surface area contributed by atoms with Gasteiger partial charge in [-0.2, -0.15) is 0 Å². The Labute approximate surface area is 229 Å². The van der Waals surface area contributed by atoms with Crippen molar-refractivity contribution in [3.63, 3.8) is 0 Å². The van der Waals surface area contributed by atoms with E-state index in [0.717, 1.165) is 11.1 Å². The molecule has 0 fully saturated rings. The molecule has 192 valence electrons. The summed E-state index contributed by atoms with van der Waals surface area (Å²) < 4.78 is 11.6. The van der Waals surface area contributed by atoms with E-state index in [1.54, 1.807) is 24.3 Å². The number of carbonyl (C=O) groups is 2. The van der Waals surface area contributed by atoms with Gasteiger partial charge < -0.3 is 19.7 Å². The van der Waals surface area contributed by atoms with E-state index in [2.05, 4.69) is 0 Å². The van der Waals surface area contributed by atoms with Gasteiger partial charge in [-0.25, -0.2) is 0 Å². The third kappa shape index (κ3) is 5.32. The zero-order chi connectivity index (χ0) is 26.8. The van der Waals surface area contributed by atoms with Crippen LogP contribution >= 0.6 is 23.2 Å². The molecule has 0 saturated heterocycles. The highest BCUT2D eigenvalue weighted by Crippen LogP contribution is 2.39. The number of halogens is 2. The van der Waals surface area contributed by atoms with Crippen molar-refractivity contribution in [1.82, 2.24) is 0 Å². The van der Waals surface area contributed by atoms with Crippen molar-refractivity contribution in [3.05, 3.63) is 117 Å². The van der Waals surface area contributed by atoms with E-state index in [-0.39, 0.29) is 48.1 Å². The molecule has 2 aliphatic heterocycles. The van der Waals surface area contributed by atoms with Crippen LogP contribution in [0.15, 0.2) is 84.9 Å². The number of phenols is 2. The van der Waals surface area contributed by atoms with E-state index in [9.17, 15) is 19.8 Å². The smallest absolute Gasteiger partial charge is 0.170 e. The number of carbonyl (C=O) groups excluding carboxylic acids is 2. The van der Waals surface area contributed by atoms with Crippen LogP contribution in [0.2, 0.25) is 10.0 Å². The molecule has 0 saturated carbocycles. The molecule has 4 aromatic carbocycles. The number of ether oxygens (including phenoxy) is 2. The summed E-state index contributed by atoms with van der Waals surface area (Å²) in [5.74, 6) is 0.987. The fourth-order valence-electron chi connectivity index (χ4n) is 4.44. The maximum Gasteiger partial charge on any atom is 0.170 e. The molecular weight excluding hydrogens is 527 g/mol. The molecule has 0 spiro atoms. The molecule has 8 heteroatoms. The minimum absolute atomic E-state index is 0.0536. The van der Waals surface area contributed by atoms with Crippen LogP contribution in [0.3, 0.4) is 0 Å². The van der Waals surface area contributed by atoms with E-state index in [1.165, 1.54) is 24.3 Å². The van der Waals surface area contributed by atoms with Crippen molar-refractivity contribution in [1.29, 1.82) is 0 Å². The highest BCUT2D eigenvalue weighted by molar-refractivity contribution is 6.31. The van der Waals surface area contributed by atoms with Crippen LogP contribution in [0.1, 0.15) is 56.9 Å². The minimum atomic E-state index is -0.377. The summed E-state index contributed by atoms with van der Waals surface area (Å²) in [6.45, 7) is 0. The van der Waals surface area contributed by atoms with E-state index in [1.807, 2.05) is 36.4 Å². The molecule has 2 heterocycles. The SMILES string of the molecule is O=C1CC(c2ccccc2Cl)Oc2ccc(O)cc21.O=C1CC(c2ccccc2Cl)Oc2ccc(O)cc21. The number of hydrogen-bond acceptors (Lipinski definition) is 6. The number of fused-ring (bicyclic) bond motifs is 2. The van der Waals surface area contributed by atoms with Gasteiger partial charge in [-0.1, -0.05) is 59.6 Å². The van der Waals surface area contributed by atoms with Crippen LogP contribution in [0.25, 0.3) is 0 Å². The van der Waals surface area contributed by atoms with Gasteiger partial charge in [0.15, 0.2) is 11.6 Å². The fraction of sp³-hybridized carbons (Fsp3) is 0.133. The zero-order valence-electron chi connectivity index (χ0n) is 19.9. The third-order valence-electron chi connectivity index (χ3n) is 6.31. The van der Waals surface area contributed by atoms with Gasteiger partial charge in [-0.15, -0.1) is 0 Å². The number of ketones is 2. The first-order chi connectivity index (χ1) is 18.3. The number of aromatic hydroxyl groups is 2. The fourth-order valence-corrected chi connectivity index (χ4v) is 4.96. The van der Waals surface area contributed by atoms with Crippen molar-refractivity contribution >= 4 is 34.8 Å². The zero-order valence-corrected chi connectivity index (χ0v) is 21.4. The predicted octanol–water partition coefficient (Wildman–Crippen LogP) is 7.50. The van der Waals surface area contributed by atoms with Gasteiger partial charge in [0, 0.05) is 21.2 Å². The standard InChI is InChI=1S/2C15H11ClO3/c2*16-12-4-2-1-3-10(12)15-8-13(18)11-7-9(17)5-6-14(11)19-15/h2*1-7,15,17H,8H2. The van der Waals surface area contributed by atoms with E-state index < -0.39 is 0 Å². The topological polar surface area (TPSA) is 93.1 Å². The van der Waals surface area contributed by atoms with Crippen LogP contribution < -0.4 is 9.47 Å². The molecule has 2 atom stereocenters. The van der Waals surface area contributed by atoms with Crippen LogP contribution in [0.4, 0.5) is 0 Å². The first-order valence-corrected chi connectivity index (χ1v) is 12.6. The maximum atomic E-state index is 12.1. The second-order valence-electron chi connectivity index (χ2n) is 8.87. The number of benzene rings is 4. The minimum Gasteiger partial charge on any atom is -0.508 e. The molecule has 0 aliphatic carbocycles. The first kappa shape index (κ1) is 25.6. The molecule has 38 heavy (non-hydrogen) atoms. The Balaban J connectivity index is 0.000000155. The summed E-state index contributed by atoms with van der Waals surface area (Å²) in [4.78, 5) is 24.2. The van der Waals surface area contributed by atoms with Crippen molar-refractivity contribution in [2.24, 2.45) is 0 Å². The number of rotatable bonds is 2. The Hall–Kier alpha value is -4.00. The second-order valence-corrected chi connectivity index (χ2v) is 9.69. The van der Waals surface area contributed by atoms with Crippen LogP contribution in [-0.4, -0.2) is 21.8 Å². The molecule has 0 radical (unpaired) electrons. The molecule has 6 rings (SSSR count). The van der Waals surface area contributed by atoms with E-state index in [4.69, 9.17) is 32.7 Å². The lowest BCUT2D eigenvalue weighted by atomic mass is 9.96. The highest BCUT2D eigenvalue weighted by atomic mass is 35.5. The molecule has 4 aromatic rings. The predicted molar refractivity (Wildman–Crippen MR) is 144 cm³/mol. The average Bonchev–Trinajstić information content (AvgIpc) is 2.90. The van der Waals surface area contributed by atoms with Crippen molar-refractivity contribution < 1.29 is 29.3 Å². The van der Waals surface area contributed by atoms with Crippen LogP contribution in [0.5, 0.6) is 23.0 Å². The van der Waals surface area contributed by atoms with Gasteiger partial charge >= 0.3 is 0 Å². The quantitative estimate of drug-likeness (QED) is 0.269. The molecule has 2 unspecified atom stereocenters. The molecule has 6 nitrogen and oxygen atoms in total. The monoisotopic (exact) mass is 548 g/mol. The summed E-state index contributed by atoms with van der Waals surface area (Å²) in [5.41, 5.74) is 2.44.